The lowest BCUT2D eigenvalue weighted by molar-refractivity contribution is -0.117. The van der Waals surface area contributed by atoms with Crippen LogP contribution in [-0.4, -0.2) is 17.7 Å². The van der Waals surface area contributed by atoms with Crippen LogP contribution in [0.15, 0.2) is 53.4 Å². The van der Waals surface area contributed by atoms with Crippen LogP contribution >= 0.6 is 11.8 Å². The molecule has 0 unspecified atom stereocenters. The maximum Gasteiger partial charge on any atom is 0.325 e. The molecule has 2 aromatic carbocycles. The number of benzene rings is 2. The number of para-hydroxylation sites is 1. The van der Waals surface area contributed by atoms with Crippen molar-refractivity contribution in [3.63, 3.8) is 0 Å². The van der Waals surface area contributed by atoms with Gasteiger partial charge in [0.05, 0.1) is 5.75 Å². The Morgan fingerprint density at radius 1 is 1.05 bits per heavy atom. The molecule has 2 N–H and O–H groups in total. The normalized spacial score (nSPS) is 10.1. The summed E-state index contributed by atoms with van der Waals surface area (Å²) in [5.41, 5.74) is 0.539. The highest BCUT2D eigenvalue weighted by Crippen LogP contribution is 2.22. The van der Waals surface area contributed by atoms with E-state index in [1.165, 1.54) is 0 Å². The maximum absolute atomic E-state index is 13.4. The molecular weight excluding hydrogens is 310 g/mol. The smallest absolute Gasteiger partial charge is 0.308 e. The number of amides is 3. The molecule has 114 valence electrons. The summed E-state index contributed by atoms with van der Waals surface area (Å²) in [6.07, 6.45) is 0. The van der Waals surface area contributed by atoms with Gasteiger partial charge in [-0.1, -0.05) is 18.2 Å². The number of hydrogen-bond donors (Lipinski definition) is 2. The molecule has 0 aromatic heterocycles. The van der Waals surface area contributed by atoms with Crippen molar-refractivity contribution in [3.8, 4) is 0 Å². The van der Waals surface area contributed by atoms with E-state index < -0.39 is 23.6 Å². The van der Waals surface area contributed by atoms with Gasteiger partial charge in [-0.25, -0.2) is 13.6 Å². The molecular formula is C15H12F2N2O2S. The Morgan fingerprint density at radius 3 is 2.50 bits per heavy atom. The Morgan fingerprint density at radius 2 is 1.77 bits per heavy atom. The first-order chi connectivity index (χ1) is 10.5. The second-order valence-corrected chi connectivity index (χ2v) is 5.25. The van der Waals surface area contributed by atoms with Crippen LogP contribution in [0.3, 0.4) is 0 Å². The molecule has 4 nitrogen and oxygen atoms in total. The highest BCUT2D eigenvalue weighted by Gasteiger charge is 2.11. The van der Waals surface area contributed by atoms with Crippen LogP contribution in [0.5, 0.6) is 0 Å². The fraction of sp³-hybridized carbons (Fsp3) is 0.0667. The monoisotopic (exact) mass is 322 g/mol. The lowest BCUT2D eigenvalue weighted by atomic mass is 10.3. The van der Waals surface area contributed by atoms with Crippen LogP contribution in [0.2, 0.25) is 0 Å². The van der Waals surface area contributed by atoms with E-state index in [1.807, 2.05) is 0 Å². The molecule has 0 bridgehead atoms. The zero-order chi connectivity index (χ0) is 15.9. The van der Waals surface area contributed by atoms with Crippen molar-refractivity contribution in [2.24, 2.45) is 0 Å². The minimum atomic E-state index is -0.684. The minimum absolute atomic E-state index is 0.0126. The molecule has 0 fully saturated rings. The van der Waals surface area contributed by atoms with E-state index in [1.54, 1.807) is 30.3 Å². The average Bonchev–Trinajstić information content (AvgIpc) is 2.49. The topological polar surface area (TPSA) is 58.2 Å². The Hall–Kier alpha value is -2.41. The number of nitrogens with one attached hydrogen (secondary N) is 2. The second-order valence-electron chi connectivity index (χ2n) is 4.23. The SMILES string of the molecule is O=C(CSc1cc(F)ccc1F)NC(=O)Nc1ccccc1. The molecule has 0 aliphatic rings. The van der Waals surface area contributed by atoms with Crippen molar-refractivity contribution in [2.45, 2.75) is 4.90 Å². The van der Waals surface area contributed by atoms with Crippen LogP contribution in [0.1, 0.15) is 0 Å². The number of anilines is 1. The molecule has 0 aliphatic heterocycles. The highest BCUT2D eigenvalue weighted by molar-refractivity contribution is 8.00. The number of carbonyl (C=O) groups is 2. The molecule has 0 aliphatic carbocycles. The van der Waals surface area contributed by atoms with Gasteiger partial charge in [-0.2, -0.15) is 0 Å². The molecule has 0 saturated carbocycles. The van der Waals surface area contributed by atoms with Gasteiger partial charge in [0.2, 0.25) is 5.91 Å². The van der Waals surface area contributed by atoms with Crippen molar-refractivity contribution >= 4 is 29.4 Å². The molecule has 0 heterocycles. The molecule has 0 spiro atoms. The van der Waals surface area contributed by atoms with Crippen LogP contribution in [0.4, 0.5) is 19.3 Å². The average molecular weight is 322 g/mol. The van der Waals surface area contributed by atoms with Gasteiger partial charge in [-0.05, 0) is 30.3 Å². The molecule has 0 radical (unpaired) electrons. The van der Waals surface area contributed by atoms with Gasteiger partial charge in [0.1, 0.15) is 11.6 Å². The van der Waals surface area contributed by atoms with Gasteiger partial charge in [-0.15, -0.1) is 11.8 Å². The zero-order valence-corrected chi connectivity index (χ0v) is 12.1. The van der Waals surface area contributed by atoms with Gasteiger partial charge in [0.15, 0.2) is 0 Å². The van der Waals surface area contributed by atoms with Gasteiger partial charge in [0, 0.05) is 10.6 Å². The third-order valence-electron chi connectivity index (χ3n) is 2.54. The number of imide groups is 1. The lowest BCUT2D eigenvalue weighted by Gasteiger charge is -2.07. The molecule has 22 heavy (non-hydrogen) atoms. The summed E-state index contributed by atoms with van der Waals surface area (Å²) in [5.74, 6) is -2.02. The maximum atomic E-state index is 13.4. The summed E-state index contributed by atoms with van der Waals surface area (Å²) in [6, 6.07) is 10.9. The van der Waals surface area contributed by atoms with Crippen molar-refractivity contribution < 1.29 is 18.4 Å². The van der Waals surface area contributed by atoms with E-state index in [0.717, 1.165) is 30.0 Å². The highest BCUT2D eigenvalue weighted by atomic mass is 32.2. The van der Waals surface area contributed by atoms with Gasteiger partial charge < -0.3 is 5.32 Å². The first-order valence-corrected chi connectivity index (χ1v) is 7.27. The minimum Gasteiger partial charge on any atom is -0.308 e. The number of thioether (sulfide) groups is 1. The molecule has 0 atom stereocenters. The lowest BCUT2D eigenvalue weighted by Crippen LogP contribution is -2.35. The van der Waals surface area contributed by atoms with Crippen molar-refractivity contribution in [3.05, 3.63) is 60.2 Å². The van der Waals surface area contributed by atoms with Crippen molar-refractivity contribution in [2.75, 3.05) is 11.1 Å². The van der Waals surface area contributed by atoms with Crippen LogP contribution in [0.25, 0.3) is 0 Å². The molecule has 7 heteroatoms. The summed E-state index contributed by atoms with van der Waals surface area (Å²) in [7, 11) is 0. The van der Waals surface area contributed by atoms with E-state index in [9.17, 15) is 18.4 Å². The number of urea groups is 1. The summed E-state index contributed by atoms with van der Waals surface area (Å²) in [5, 5.41) is 4.58. The third kappa shape index (κ3) is 4.85. The number of halogens is 2. The second kappa shape index (κ2) is 7.56. The van der Waals surface area contributed by atoms with E-state index in [-0.39, 0.29) is 10.6 Å². The van der Waals surface area contributed by atoms with Gasteiger partial charge in [-0.3, -0.25) is 10.1 Å². The van der Waals surface area contributed by atoms with Crippen molar-refractivity contribution in [1.82, 2.24) is 5.32 Å². The van der Waals surface area contributed by atoms with E-state index in [2.05, 4.69) is 10.6 Å². The molecule has 2 rings (SSSR count). The largest absolute Gasteiger partial charge is 0.325 e. The molecule has 3 amide bonds. The summed E-state index contributed by atoms with van der Waals surface area (Å²) >= 11 is 0.811. The predicted molar refractivity (Wildman–Crippen MR) is 80.7 cm³/mol. The van der Waals surface area contributed by atoms with Gasteiger partial charge >= 0.3 is 6.03 Å². The predicted octanol–water partition coefficient (Wildman–Crippen LogP) is 3.41. The van der Waals surface area contributed by atoms with E-state index in [4.69, 9.17) is 0 Å². The Balaban J connectivity index is 1.83. The fourth-order valence-electron chi connectivity index (χ4n) is 1.58. The summed E-state index contributed by atoms with van der Waals surface area (Å²) in [4.78, 5) is 23.2. The standard InChI is InChI=1S/C15H12F2N2O2S/c16-10-6-7-12(17)13(8-10)22-9-14(20)19-15(21)18-11-4-2-1-3-5-11/h1-8H,9H2,(H2,18,19,20,21). The fourth-order valence-corrected chi connectivity index (χ4v) is 2.34. The zero-order valence-electron chi connectivity index (χ0n) is 11.3. The van der Waals surface area contributed by atoms with E-state index in [0.29, 0.717) is 5.69 Å². The summed E-state index contributed by atoms with van der Waals surface area (Å²) in [6.45, 7) is 0. The van der Waals surface area contributed by atoms with E-state index >= 15 is 0 Å². The number of hydrogen-bond acceptors (Lipinski definition) is 3. The summed E-state index contributed by atoms with van der Waals surface area (Å²) < 4.78 is 26.4. The Kier molecular flexibility index (Phi) is 5.48. The van der Waals surface area contributed by atoms with Crippen LogP contribution in [-0.2, 0) is 4.79 Å². The van der Waals surface area contributed by atoms with Crippen LogP contribution in [0, 0.1) is 11.6 Å². The van der Waals surface area contributed by atoms with Gasteiger partial charge in [0.25, 0.3) is 0 Å². The first-order valence-electron chi connectivity index (χ1n) is 6.28. The van der Waals surface area contributed by atoms with Crippen molar-refractivity contribution in [1.29, 1.82) is 0 Å². The first kappa shape index (κ1) is 16.0. The molecule has 0 saturated heterocycles. The quantitative estimate of drug-likeness (QED) is 0.848. The number of rotatable bonds is 4. The Labute approximate surface area is 129 Å². The third-order valence-corrected chi connectivity index (χ3v) is 3.57. The Bertz CT molecular complexity index is 680. The molecule has 2 aromatic rings. The number of carbonyl (C=O) groups excluding carboxylic acids is 2. The van der Waals surface area contributed by atoms with Crippen LogP contribution < -0.4 is 10.6 Å².